The Morgan fingerprint density at radius 1 is 1.08 bits per heavy atom. The van der Waals surface area contributed by atoms with Gasteiger partial charge in [0.05, 0.1) is 6.04 Å². The molecule has 2 aromatic rings. The zero-order valence-corrected chi connectivity index (χ0v) is 15.2. The first-order chi connectivity index (χ1) is 11.5. The van der Waals surface area contributed by atoms with Crippen LogP contribution in [0.15, 0.2) is 48.5 Å². The van der Waals surface area contributed by atoms with Gasteiger partial charge < -0.3 is 10.2 Å². The average Bonchev–Trinajstić information content (AvgIpc) is 2.55. The van der Waals surface area contributed by atoms with E-state index >= 15 is 0 Å². The summed E-state index contributed by atoms with van der Waals surface area (Å²) in [6.07, 6.45) is 1.31. The van der Waals surface area contributed by atoms with Crippen molar-refractivity contribution in [2.75, 3.05) is 20.6 Å². The summed E-state index contributed by atoms with van der Waals surface area (Å²) in [5.41, 5.74) is 5.00. The summed E-state index contributed by atoms with van der Waals surface area (Å²) in [6, 6.07) is 16.9. The lowest BCUT2D eigenvalue weighted by molar-refractivity contribution is -0.121. The van der Waals surface area contributed by atoms with Crippen LogP contribution in [0.5, 0.6) is 0 Å². The van der Waals surface area contributed by atoms with Crippen LogP contribution < -0.4 is 5.32 Å². The quantitative estimate of drug-likeness (QED) is 0.843. The molecule has 0 aromatic heterocycles. The summed E-state index contributed by atoms with van der Waals surface area (Å²) in [7, 11) is 4.08. The van der Waals surface area contributed by atoms with Gasteiger partial charge in [0.15, 0.2) is 0 Å². The van der Waals surface area contributed by atoms with E-state index in [-0.39, 0.29) is 11.9 Å². The van der Waals surface area contributed by atoms with E-state index in [1.165, 1.54) is 22.3 Å². The van der Waals surface area contributed by atoms with Gasteiger partial charge in [0, 0.05) is 13.0 Å². The molecule has 1 N–H and O–H groups in total. The number of benzene rings is 2. The highest BCUT2D eigenvalue weighted by Crippen LogP contribution is 2.17. The normalized spacial score (nSPS) is 12.2. The molecular formula is C21H28N2O. The second kappa shape index (κ2) is 8.65. The molecule has 3 nitrogen and oxygen atoms in total. The van der Waals surface area contributed by atoms with E-state index in [1.54, 1.807) is 0 Å². The predicted octanol–water partition coefficient (Wildman–Crippen LogP) is 3.66. The third kappa shape index (κ3) is 5.20. The van der Waals surface area contributed by atoms with Gasteiger partial charge in [-0.3, -0.25) is 4.79 Å². The molecule has 1 amide bonds. The molecule has 1 unspecified atom stereocenters. The third-order valence-electron chi connectivity index (χ3n) is 4.42. The highest BCUT2D eigenvalue weighted by Gasteiger charge is 2.15. The van der Waals surface area contributed by atoms with Gasteiger partial charge in [0.2, 0.25) is 5.91 Å². The van der Waals surface area contributed by atoms with E-state index in [1.807, 2.05) is 32.3 Å². The van der Waals surface area contributed by atoms with Gasteiger partial charge in [0.25, 0.3) is 0 Å². The van der Waals surface area contributed by atoms with Crippen molar-refractivity contribution in [3.63, 3.8) is 0 Å². The molecule has 0 aliphatic rings. The topological polar surface area (TPSA) is 32.3 Å². The highest BCUT2D eigenvalue weighted by molar-refractivity contribution is 5.76. The Balaban J connectivity index is 1.87. The van der Waals surface area contributed by atoms with E-state index in [0.29, 0.717) is 13.0 Å². The van der Waals surface area contributed by atoms with Crippen molar-refractivity contribution in [2.24, 2.45) is 0 Å². The van der Waals surface area contributed by atoms with Gasteiger partial charge in [-0.1, -0.05) is 54.1 Å². The van der Waals surface area contributed by atoms with E-state index in [2.05, 4.69) is 54.4 Å². The highest BCUT2D eigenvalue weighted by atomic mass is 16.1. The van der Waals surface area contributed by atoms with Crippen molar-refractivity contribution in [2.45, 2.75) is 32.7 Å². The Labute approximate surface area is 145 Å². The Kier molecular flexibility index (Phi) is 6.56. The predicted molar refractivity (Wildman–Crippen MR) is 100 cm³/mol. The summed E-state index contributed by atoms with van der Waals surface area (Å²) >= 11 is 0. The molecule has 24 heavy (non-hydrogen) atoms. The molecule has 128 valence electrons. The molecule has 0 saturated carbocycles. The summed E-state index contributed by atoms with van der Waals surface area (Å²) in [4.78, 5) is 14.4. The van der Waals surface area contributed by atoms with Crippen molar-refractivity contribution in [3.8, 4) is 0 Å². The fourth-order valence-corrected chi connectivity index (χ4v) is 2.95. The molecule has 0 heterocycles. The second-order valence-corrected chi connectivity index (χ2v) is 6.62. The Bertz CT molecular complexity index is 665. The molecule has 0 aliphatic carbocycles. The molecule has 0 fully saturated rings. The molecule has 0 aliphatic heterocycles. The monoisotopic (exact) mass is 324 g/mol. The molecule has 2 rings (SSSR count). The molecule has 0 bridgehead atoms. The number of hydrogen-bond donors (Lipinski definition) is 1. The van der Waals surface area contributed by atoms with Gasteiger partial charge in [-0.05, 0) is 51.1 Å². The number of nitrogens with one attached hydrogen (secondary N) is 1. The van der Waals surface area contributed by atoms with Crippen LogP contribution in [-0.4, -0.2) is 31.4 Å². The Hall–Kier alpha value is -2.13. The summed E-state index contributed by atoms with van der Waals surface area (Å²) in [5, 5.41) is 3.08. The van der Waals surface area contributed by atoms with Gasteiger partial charge >= 0.3 is 0 Å². The number of hydrogen-bond acceptors (Lipinski definition) is 2. The van der Waals surface area contributed by atoms with Crippen LogP contribution in [0.2, 0.25) is 0 Å². The van der Waals surface area contributed by atoms with Gasteiger partial charge in [0.1, 0.15) is 0 Å². The van der Waals surface area contributed by atoms with Crippen LogP contribution in [0, 0.1) is 13.8 Å². The fourth-order valence-electron chi connectivity index (χ4n) is 2.95. The number of likely N-dealkylation sites (N-methyl/N-ethyl adjacent to an activating group) is 1. The van der Waals surface area contributed by atoms with Crippen LogP contribution in [0.25, 0.3) is 0 Å². The number of amides is 1. The van der Waals surface area contributed by atoms with E-state index in [4.69, 9.17) is 0 Å². The van der Waals surface area contributed by atoms with Gasteiger partial charge in [-0.15, -0.1) is 0 Å². The van der Waals surface area contributed by atoms with Gasteiger partial charge in [-0.25, -0.2) is 0 Å². The smallest absolute Gasteiger partial charge is 0.220 e. The van der Waals surface area contributed by atoms with Crippen LogP contribution >= 0.6 is 0 Å². The first kappa shape index (κ1) is 18.2. The summed E-state index contributed by atoms with van der Waals surface area (Å²) in [6.45, 7) is 4.83. The Morgan fingerprint density at radius 2 is 1.79 bits per heavy atom. The van der Waals surface area contributed by atoms with Crippen LogP contribution in [-0.2, 0) is 11.2 Å². The maximum Gasteiger partial charge on any atom is 0.220 e. The number of nitrogens with zero attached hydrogens (tertiary/aromatic N) is 1. The lowest BCUT2D eigenvalue weighted by Crippen LogP contribution is -2.34. The van der Waals surface area contributed by atoms with Crippen molar-refractivity contribution in [1.29, 1.82) is 0 Å². The number of carbonyl (C=O) groups excluding carboxylic acids is 1. The first-order valence-corrected chi connectivity index (χ1v) is 8.51. The van der Waals surface area contributed by atoms with Crippen molar-refractivity contribution < 1.29 is 4.79 Å². The lowest BCUT2D eigenvalue weighted by Gasteiger charge is -2.25. The maximum atomic E-state index is 12.2. The number of aryl methyl sites for hydroxylation is 3. The Morgan fingerprint density at radius 3 is 2.42 bits per heavy atom. The van der Waals surface area contributed by atoms with E-state index in [0.717, 1.165) is 6.42 Å². The first-order valence-electron chi connectivity index (χ1n) is 8.51. The molecule has 0 saturated heterocycles. The molecule has 3 heteroatoms. The third-order valence-corrected chi connectivity index (χ3v) is 4.42. The van der Waals surface area contributed by atoms with Crippen LogP contribution in [0.3, 0.4) is 0 Å². The number of carbonyl (C=O) groups is 1. The number of rotatable bonds is 7. The minimum absolute atomic E-state index is 0.109. The maximum absolute atomic E-state index is 12.2. The minimum atomic E-state index is 0.109. The molecule has 0 radical (unpaired) electrons. The lowest BCUT2D eigenvalue weighted by atomic mass is 10.0. The van der Waals surface area contributed by atoms with E-state index in [9.17, 15) is 4.79 Å². The zero-order valence-electron chi connectivity index (χ0n) is 15.2. The largest absolute Gasteiger partial charge is 0.354 e. The standard InChI is InChI=1S/C21H28N2O/c1-16-10-11-18(17(2)14-16)12-13-21(24)22-15-20(23(3)4)19-8-6-5-7-9-19/h5-11,14,20H,12-13,15H2,1-4H3,(H,22,24). The van der Waals surface area contributed by atoms with Crippen molar-refractivity contribution >= 4 is 5.91 Å². The molecule has 0 spiro atoms. The molecule has 1 atom stereocenters. The van der Waals surface area contributed by atoms with Crippen LogP contribution in [0.4, 0.5) is 0 Å². The zero-order chi connectivity index (χ0) is 17.5. The summed E-state index contributed by atoms with van der Waals surface area (Å²) in [5.74, 6) is 0.109. The van der Waals surface area contributed by atoms with Gasteiger partial charge in [-0.2, -0.15) is 0 Å². The van der Waals surface area contributed by atoms with Crippen molar-refractivity contribution in [3.05, 3.63) is 70.8 Å². The minimum Gasteiger partial charge on any atom is -0.354 e. The summed E-state index contributed by atoms with van der Waals surface area (Å²) < 4.78 is 0. The second-order valence-electron chi connectivity index (χ2n) is 6.62. The molecular weight excluding hydrogens is 296 g/mol. The average molecular weight is 324 g/mol. The van der Waals surface area contributed by atoms with Crippen LogP contribution in [0.1, 0.15) is 34.7 Å². The van der Waals surface area contributed by atoms with Crippen molar-refractivity contribution in [1.82, 2.24) is 10.2 Å². The fraction of sp³-hybridized carbons (Fsp3) is 0.381. The van der Waals surface area contributed by atoms with E-state index < -0.39 is 0 Å². The molecule has 2 aromatic carbocycles. The SMILES string of the molecule is Cc1ccc(CCC(=O)NCC(c2ccccc2)N(C)C)c(C)c1.